The molecule has 0 N–H and O–H groups in total. The first-order valence-electron chi connectivity index (χ1n) is 8.31. The van der Waals surface area contributed by atoms with Crippen LogP contribution in [0.5, 0.6) is 0 Å². The standard InChI is InChI=1S/2C6H7.2C4H8O.Yb/c2*1-6-4-2-3-5-6;2*1-2-4-5-3-1;/h2*2-5H,1H3;2*1-4H2;/q-5;-1;;;. The largest absolute Gasteiger partial charge is 0.748 e. The molecule has 3 heteroatoms. The van der Waals surface area contributed by atoms with E-state index in [-0.39, 0.29) is 46.9 Å². The van der Waals surface area contributed by atoms with Gasteiger partial charge in [0.15, 0.2) is 0 Å². The Bertz CT molecular complexity index is 355. The maximum atomic E-state index is 4.94. The Morgan fingerprint density at radius 3 is 1.26 bits per heavy atom. The van der Waals surface area contributed by atoms with E-state index in [1.807, 2.05) is 24.3 Å². The molecule has 0 radical (unpaired) electrons. The average Bonchev–Trinajstić information content (AvgIpc) is 3.32. The smallest absolute Gasteiger partial charge is 0.0466 e. The molecule has 2 aliphatic heterocycles. The van der Waals surface area contributed by atoms with Crippen molar-refractivity contribution in [3.8, 4) is 0 Å². The molecule has 0 amide bonds. The molecule has 0 saturated carbocycles. The number of hydrogen-bond acceptors (Lipinski definition) is 2. The topological polar surface area (TPSA) is 18.5 Å². The maximum Gasteiger partial charge on any atom is 0.0466 e. The van der Waals surface area contributed by atoms with Crippen molar-refractivity contribution >= 4 is 0 Å². The van der Waals surface area contributed by atoms with Gasteiger partial charge in [0.05, 0.1) is 0 Å². The van der Waals surface area contributed by atoms with Gasteiger partial charge in [0.1, 0.15) is 0 Å². The third kappa shape index (κ3) is 15.4. The molecule has 2 aromatic carbocycles. The van der Waals surface area contributed by atoms with Crippen LogP contribution in [0.3, 0.4) is 0 Å². The number of rotatable bonds is 0. The van der Waals surface area contributed by atoms with Crippen molar-refractivity contribution in [2.45, 2.75) is 39.5 Å². The molecule has 2 saturated heterocycles. The average molecular weight is 475 g/mol. The van der Waals surface area contributed by atoms with Crippen molar-refractivity contribution in [3.63, 3.8) is 0 Å². The molecular formula is C20H30O2Yb-6. The first-order chi connectivity index (χ1) is 10.8. The third-order valence-electron chi connectivity index (χ3n) is 3.31. The molecule has 0 bridgehead atoms. The molecule has 0 spiro atoms. The van der Waals surface area contributed by atoms with Crippen LogP contribution in [0.1, 0.15) is 36.8 Å². The van der Waals surface area contributed by atoms with Crippen LogP contribution in [0, 0.1) is 60.8 Å². The Balaban J connectivity index is 0.000000278. The molecule has 2 nitrogen and oxygen atoms in total. The summed E-state index contributed by atoms with van der Waals surface area (Å²) in [5.41, 5.74) is 2.69. The minimum atomic E-state index is 0. The van der Waals surface area contributed by atoms with E-state index in [2.05, 4.69) is 38.1 Å². The predicted molar refractivity (Wildman–Crippen MR) is 93.7 cm³/mol. The van der Waals surface area contributed by atoms with Gasteiger partial charge in [-0.25, -0.2) is 19.1 Å². The van der Waals surface area contributed by atoms with E-state index >= 15 is 0 Å². The molecule has 23 heavy (non-hydrogen) atoms. The summed E-state index contributed by atoms with van der Waals surface area (Å²) in [7, 11) is 0. The van der Waals surface area contributed by atoms with Crippen molar-refractivity contribution in [1.82, 2.24) is 0 Å². The summed E-state index contributed by atoms with van der Waals surface area (Å²) < 4.78 is 9.89. The molecule has 4 rings (SSSR count). The number of aryl methyl sites for hydroxylation is 2. The van der Waals surface area contributed by atoms with Crippen LogP contribution in [0.2, 0.25) is 0 Å². The molecule has 2 aromatic rings. The molecule has 2 fully saturated rings. The van der Waals surface area contributed by atoms with Gasteiger partial charge in [-0.3, -0.25) is 0 Å². The fourth-order valence-electron chi connectivity index (χ4n) is 1.96. The molecule has 2 aliphatic rings. The van der Waals surface area contributed by atoms with E-state index in [0.717, 1.165) is 26.4 Å². The summed E-state index contributed by atoms with van der Waals surface area (Å²) >= 11 is 0. The zero-order valence-corrected chi connectivity index (χ0v) is 16.1. The quantitative estimate of drug-likeness (QED) is 0.498. The van der Waals surface area contributed by atoms with Gasteiger partial charge in [0.25, 0.3) is 0 Å². The Morgan fingerprint density at radius 1 is 0.739 bits per heavy atom. The first kappa shape index (κ1) is 23.1. The second kappa shape index (κ2) is 17.0. The van der Waals surface area contributed by atoms with Crippen molar-refractivity contribution in [3.05, 3.63) is 59.7 Å². The van der Waals surface area contributed by atoms with Crippen LogP contribution in [0.25, 0.3) is 0 Å². The van der Waals surface area contributed by atoms with E-state index in [9.17, 15) is 0 Å². The van der Waals surface area contributed by atoms with Crippen LogP contribution in [-0.2, 0) is 9.47 Å². The van der Waals surface area contributed by atoms with Crippen LogP contribution in [-0.4, -0.2) is 26.4 Å². The van der Waals surface area contributed by atoms with Gasteiger partial charge in [-0.15, -0.1) is 0 Å². The van der Waals surface area contributed by atoms with Crippen LogP contribution < -0.4 is 0 Å². The number of ether oxygens (including phenoxy) is 2. The summed E-state index contributed by atoms with van der Waals surface area (Å²) in [6.45, 7) is 8.17. The van der Waals surface area contributed by atoms with Crippen molar-refractivity contribution in [2.24, 2.45) is 0 Å². The Kier molecular flexibility index (Phi) is 17.1. The van der Waals surface area contributed by atoms with Crippen LogP contribution in [0.4, 0.5) is 0 Å². The molecule has 0 aliphatic carbocycles. The van der Waals surface area contributed by atoms with Crippen LogP contribution in [0.15, 0.2) is 48.5 Å². The van der Waals surface area contributed by atoms with Crippen LogP contribution >= 0.6 is 0 Å². The second-order valence-electron chi connectivity index (χ2n) is 5.56. The Morgan fingerprint density at radius 2 is 1.13 bits per heavy atom. The van der Waals surface area contributed by atoms with Gasteiger partial charge in [0, 0.05) is 73.4 Å². The van der Waals surface area contributed by atoms with Crippen molar-refractivity contribution in [2.75, 3.05) is 26.4 Å². The molecule has 142 valence electrons. The fraction of sp³-hybridized carbons (Fsp3) is 0.500. The minimum absolute atomic E-state index is 0. The normalized spacial score (nSPS) is 15.0. The summed E-state index contributed by atoms with van der Waals surface area (Å²) in [4.78, 5) is 0. The summed E-state index contributed by atoms with van der Waals surface area (Å²) in [5.74, 6) is 0. The van der Waals surface area contributed by atoms with Gasteiger partial charge < -0.3 is 39.3 Å². The van der Waals surface area contributed by atoms with Crippen molar-refractivity contribution < 1.29 is 56.4 Å². The zero-order valence-electron chi connectivity index (χ0n) is 14.4. The van der Waals surface area contributed by atoms with E-state index < -0.39 is 0 Å². The second-order valence-corrected chi connectivity index (χ2v) is 5.56. The molecule has 0 aromatic heterocycles. The molecular weight excluding hydrogens is 445 g/mol. The SMILES string of the molecule is C1CCOC1.C1CCOC1.C[c-]1[cH-][cH-][cH-][cH-]1.C[c-]1cccc1.[Yb]. The van der Waals surface area contributed by atoms with Gasteiger partial charge in [0.2, 0.25) is 0 Å². The third-order valence-corrected chi connectivity index (χ3v) is 3.31. The maximum absolute atomic E-state index is 4.94. The van der Waals surface area contributed by atoms with Gasteiger partial charge in [-0.1, -0.05) is 6.92 Å². The monoisotopic (exact) mass is 476 g/mol. The first-order valence-corrected chi connectivity index (χ1v) is 8.31. The number of hydrogen-bond donors (Lipinski definition) is 0. The molecule has 0 atom stereocenters. The predicted octanol–water partition coefficient (Wildman–Crippen LogP) is 5.02. The Hall–Kier alpha value is 0.139. The summed E-state index contributed by atoms with van der Waals surface area (Å²) in [6.07, 6.45) is 5.11. The summed E-state index contributed by atoms with van der Waals surface area (Å²) in [6, 6.07) is 16.5. The van der Waals surface area contributed by atoms with E-state index in [1.165, 1.54) is 36.8 Å². The zero-order chi connectivity index (χ0) is 15.9. The van der Waals surface area contributed by atoms with E-state index in [4.69, 9.17) is 9.47 Å². The van der Waals surface area contributed by atoms with Gasteiger partial charge in [-0.2, -0.15) is 17.7 Å². The van der Waals surface area contributed by atoms with Gasteiger partial charge >= 0.3 is 0 Å². The minimum Gasteiger partial charge on any atom is -0.748 e. The Labute approximate surface area is 180 Å². The molecule has 0 unspecified atom stereocenters. The van der Waals surface area contributed by atoms with E-state index in [1.54, 1.807) is 0 Å². The summed E-state index contributed by atoms with van der Waals surface area (Å²) in [5, 5.41) is 0. The van der Waals surface area contributed by atoms with E-state index in [0.29, 0.717) is 0 Å². The van der Waals surface area contributed by atoms with Crippen molar-refractivity contribution in [1.29, 1.82) is 0 Å². The van der Waals surface area contributed by atoms with Gasteiger partial charge in [-0.05, 0) is 25.7 Å². The molecule has 2 heterocycles. The fourth-order valence-corrected chi connectivity index (χ4v) is 1.96.